The number of nitro groups is 1. The molecule has 5 rings (SSSR count). The maximum Gasteiger partial charge on any atom is 0.370 e. The van der Waals surface area contributed by atoms with E-state index in [4.69, 9.17) is 11.8 Å². The number of Topliss-reactive ketones (excluding diaryl/α,β-unsaturated/α-hetero) is 2. The number of nitrogens with one attached hydrogen (secondary N) is 1. The Hall–Kier alpha value is -5.23. The van der Waals surface area contributed by atoms with Crippen molar-refractivity contribution in [2.45, 2.75) is 10.9 Å². The average molecular weight is 653 g/mol. The summed E-state index contributed by atoms with van der Waals surface area (Å²) in [6, 6.07) is 5.66. The van der Waals surface area contributed by atoms with Gasteiger partial charge in [0.15, 0.2) is 40.5 Å². The molecule has 1 atom stereocenters. The largest absolute Gasteiger partial charge is 0.710 e. The van der Waals surface area contributed by atoms with Gasteiger partial charge < -0.3 is 5.21 Å². The molecule has 0 radical (unpaired) electrons. The highest BCUT2D eigenvalue weighted by atomic mass is 35.5. The Labute approximate surface area is 248 Å². The summed E-state index contributed by atoms with van der Waals surface area (Å²) in [5.41, 5.74) is -3.74. The van der Waals surface area contributed by atoms with Crippen LogP contribution in [0.3, 0.4) is 0 Å². The van der Waals surface area contributed by atoms with Crippen LogP contribution in [0.4, 0.5) is 28.9 Å². The maximum atomic E-state index is 15.4. The number of hydrogen-bond acceptors (Lipinski definition) is 10. The first kappa shape index (κ1) is 30.2. The molecule has 226 valence electrons. The zero-order valence-corrected chi connectivity index (χ0v) is 22.9. The molecule has 0 spiro atoms. The van der Waals surface area contributed by atoms with E-state index in [-0.39, 0.29) is 21.7 Å². The number of carbonyl (C=O) groups is 2. The highest BCUT2D eigenvalue weighted by Crippen LogP contribution is 2.28. The van der Waals surface area contributed by atoms with Crippen LogP contribution in [0.5, 0.6) is 0 Å². The first-order valence-corrected chi connectivity index (χ1v) is 13.7. The SMILES string of the molecule is O=C(C1=NCC2=NN(Cl)C(C(=O)c3ccc([N+](=O)[O-])cc3)C2=[N+]1[O-])c1c(F)ccc(NS(=O)(=O)c2c(F)cccc2F)c1F. The standard InChI is InChI=1S/C25H13ClF4N6O7S/c26-35-21(22(37)11-4-6-12(7-5-11)36(40)41)20-17(32-35)10-31-25(34(20)39)23(38)18-13(27)8-9-16(19(18)30)33-44(42,43)24-14(28)2-1-3-15(24)29/h1-9,21,33H,10H2. The number of anilines is 1. The van der Waals surface area contributed by atoms with Crippen molar-refractivity contribution >= 4 is 62.0 Å². The quantitative estimate of drug-likeness (QED) is 0.0730. The number of fused-ring (bicyclic) bond motifs is 1. The van der Waals surface area contributed by atoms with Gasteiger partial charge in [-0.3, -0.25) is 24.4 Å². The molecule has 0 bridgehead atoms. The highest BCUT2D eigenvalue weighted by Gasteiger charge is 2.47. The summed E-state index contributed by atoms with van der Waals surface area (Å²) < 4.78 is 85.6. The number of hydrogen-bond donors (Lipinski definition) is 1. The Bertz CT molecular complexity index is 1970. The lowest BCUT2D eigenvalue weighted by Gasteiger charge is -2.21. The number of sulfonamides is 1. The first-order valence-electron chi connectivity index (χ1n) is 11.9. The van der Waals surface area contributed by atoms with Gasteiger partial charge in [-0.1, -0.05) is 11.1 Å². The molecule has 1 N–H and O–H groups in total. The monoisotopic (exact) mass is 652 g/mol. The summed E-state index contributed by atoms with van der Waals surface area (Å²) in [7, 11) is -5.15. The topological polar surface area (TPSA) is 177 Å². The second-order valence-electron chi connectivity index (χ2n) is 8.99. The molecule has 0 saturated heterocycles. The van der Waals surface area contributed by atoms with E-state index < -0.39 is 90.1 Å². The average Bonchev–Trinajstić information content (AvgIpc) is 3.30. The molecule has 2 aliphatic heterocycles. The Balaban J connectivity index is 1.50. The van der Waals surface area contributed by atoms with Crippen LogP contribution < -0.4 is 4.72 Å². The number of benzene rings is 3. The fourth-order valence-corrected chi connectivity index (χ4v) is 5.80. The van der Waals surface area contributed by atoms with Crippen molar-refractivity contribution in [3.63, 3.8) is 0 Å². The van der Waals surface area contributed by atoms with Crippen LogP contribution in [0.25, 0.3) is 0 Å². The second-order valence-corrected chi connectivity index (χ2v) is 11.0. The summed E-state index contributed by atoms with van der Waals surface area (Å²) in [4.78, 5) is 38.9. The first-order chi connectivity index (χ1) is 20.7. The van der Waals surface area contributed by atoms with E-state index in [0.29, 0.717) is 28.8 Å². The van der Waals surface area contributed by atoms with Crippen LogP contribution in [0.1, 0.15) is 20.7 Å². The third-order valence-corrected chi connectivity index (χ3v) is 8.02. The summed E-state index contributed by atoms with van der Waals surface area (Å²) in [6.45, 7) is -0.551. The molecule has 3 aromatic carbocycles. The van der Waals surface area contributed by atoms with E-state index in [1.165, 1.54) is 0 Å². The number of carbonyl (C=O) groups excluding carboxylic acids is 2. The van der Waals surface area contributed by atoms with Crippen molar-refractivity contribution < 1.29 is 45.2 Å². The van der Waals surface area contributed by atoms with Gasteiger partial charge in [-0.15, -0.1) is 0 Å². The number of non-ortho nitro benzene ring substituents is 1. The Morgan fingerprint density at radius 3 is 2.27 bits per heavy atom. The minimum absolute atomic E-state index is 0.137. The number of ketones is 2. The van der Waals surface area contributed by atoms with E-state index in [1.54, 1.807) is 4.72 Å². The molecular weight excluding hydrogens is 640 g/mol. The molecule has 44 heavy (non-hydrogen) atoms. The van der Waals surface area contributed by atoms with Gasteiger partial charge in [0.2, 0.25) is 0 Å². The fraction of sp³-hybridized carbons (Fsp3) is 0.0800. The van der Waals surface area contributed by atoms with Gasteiger partial charge in [-0.2, -0.15) is 9.63 Å². The zero-order valence-electron chi connectivity index (χ0n) is 21.4. The molecule has 0 fully saturated rings. The molecule has 2 heterocycles. The second kappa shape index (κ2) is 11.1. The summed E-state index contributed by atoms with van der Waals surface area (Å²) in [5.74, 6) is -10.2. The molecule has 0 aliphatic carbocycles. The summed E-state index contributed by atoms with van der Waals surface area (Å²) in [6.07, 6.45) is 0. The van der Waals surface area contributed by atoms with Crippen molar-refractivity contribution in [3.05, 3.63) is 104 Å². The molecule has 0 aromatic heterocycles. The van der Waals surface area contributed by atoms with E-state index >= 15 is 4.39 Å². The zero-order chi connectivity index (χ0) is 32.1. The van der Waals surface area contributed by atoms with Gasteiger partial charge in [0.05, 0.1) is 10.6 Å². The van der Waals surface area contributed by atoms with E-state index in [2.05, 4.69) is 10.1 Å². The lowest BCUT2D eigenvalue weighted by atomic mass is 9.97. The predicted octanol–water partition coefficient (Wildman–Crippen LogP) is 3.58. The number of amidine groups is 1. The van der Waals surface area contributed by atoms with Crippen molar-refractivity contribution in [3.8, 4) is 0 Å². The molecule has 0 amide bonds. The summed E-state index contributed by atoms with van der Waals surface area (Å²) in [5, 5.41) is 28.1. The predicted molar refractivity (Wildman–Crippen MR) is 145 cm³/mol. The third kappa shape index (κ3) is 5.13. The molecular formula is C25H13ClF4N6O7S. The Kier molecular flexibility index (Phi) is 7.64. The number of nitro benzene ring substituents is 1. The molecule has 2 aliphatic rings. The highest BCUT2D eigenvalue weighted by molar-refractivity contribution is 7.92. The molecule has 1 unspecified atom stereocenters. The number of nitrogens with zero attached hydrogens (tertiary/aromatic N) is 5. The lowest BCUT2D eigenvalue weighted by Crippen LogP contribution is -2.47. The summed E-state index contributed by atoms with van der Waals surface area (Å²) >= 11 is 6.05. The van der Waals surface area contributed by atoms with E-state index in [1.807, 2.05) is 0 Å². The van der Waals surface area contributed by atoms with Crippen LogP contribution in [0.2, 0.25) is 0 Å². The van der Waals surface area contributed by atoms with Crippen LogP contribution in [0.15, 0.2) is 69.6 Å². The van der Waals surface area contributed by atoms with Crippen LogP contribution >= 0.6 is 11.8 Å². The van der Waals surface area contributed by atoms with Gasteiger partial charge in [-0.25, -0.2) is 30.7 Å². The van der Waals surface area contributed by atoms with Gasteiger partial charge in [-0.05, 0) is 36.4 Å². The minimum atomic E-state index is -5.15. The van der Waals surface area contributed by atoms with Crippen LogP contribution in [0, 0.1) is 38.6 Å². The van der Waals surface area contributed by atoms with Crippen molar-refractivity contribution in [1.29, 1.82) is 0 Å². The van der Waals surface area contributed by atoms with Crippen LogP contribution in [-0.4, -0.2) is 64.0 Å². The van der Waals surface area contributed by atoms with Gasteiger partial charge in [0, 0.05) is 29.5 Å². The Morgan fingerprint density at radius 2 is 1.66 bits per heavy atom. The minimum Gasteiger partial charge on any atom is -0.710 e. The normalized spacial score (nSPS) is 16.3. The van der Waals surface area contributed by atoms with Crippen LogP contribution in [-0.2, 0) is 10.0 Å². The number of hydroxylamine groups is 1. The van der Waals surface area contributed by atoms with E-state index in [9.17, 15) is 46.5 Å². The molecule has 13 nitrogen and oxygen atoms in total. The molecule has 0 saturated carbocycles. The van der Waals surface area contributed by atoms with Gasteiger partial charge in [0.1, 0.15) is 23.0 Å². The maximum absolute atomic E-state index is 15.4. The van der Waals surface area contributed by atoms with Gasteiger partial charge >= 0.3 is 5.84 Å². The lowest BCUT2D eigenvalue weighted by molar-refractivity contribution is -0.384. The van der Waals surface area contributed by atoms with Crippen molar-refractivity contribution in [2.75, 3.05) is 11.3 Å². The fourth-order valence-electron chi connectivity index (χ4n) is 4.33. The van der Waals surface area contributed by atoms with Gasteiger partial charge in [0.25, 0.3) is 21.5 Å². The van der Waals surface area contributed by atoms with Crippen molar-refractivity contribution in [2.24, 2.45) is 10.1 Å². The third-order valence-electron chi connectivity index (χ3n) is 6.34. The smallest absolute Gasteiger partial charge is 0.370 e. The van der Waals surface area contributed by atoms with Crippen molar-refractivity contribution in [1.82, 2.24) is 4.53 Å². The molecule has 3 aromatic rings. The number of rotatable bonds is 8. The number of aliphatic imine (C=N–C) groups is 1. The van der Waals surface area contributed by atoms with E-state index in [0.717, 1.165) is 30.3 Å². The Morgan fingerprint density at radius 1 is 1.02 bits per heavy atom. The number of halogens is 5. The number of hydrazone groups is 1. The molecule has 19 heteroatoms.